The molecule has 0 radical (unpaired) electrons. The zero-order valence-electron chi connectivity index (χ0n) is 18.8. The molecule has 7 nitrogen and oxygen atoms in total. The Morgan fingerprint density at radius 1 is 0.879 bits per heavy atom. The van der Waals surface area contributed by atoms with Gasteiger partial charge in [0.15, 0.2) is 11.5 Å². The summed E-state index contributed by atoms with van der Waals surface area (Å²) >= 11 is 0. The first-order valence-electron chi connectivity index (χ1n) is 10.4. The van der Waals surface area contributed by atoms with Crippen LogP contribution in [-0.2, 0) is 4.79 Å². The molecule has 0 atom stereocenters. The molecule has 3 aromatic rings. The average Bonchev–Trinajstić information content (AvgIpc) is 2.85. The van der Waals surface area contributed by atoms with E-state index in [0.29, 0.717) is 40.7 Å². The average molecular weight is 447 g/mol. The van der Waals surface area contributed by atoms with Gasteiger partial charge in [-0.15, -0.1) is 0 Å². The van der Waals surface area contributed by atoms with E-state index in [-0.39, 0.29) is 5.70 Å². The van der Waals surface area contributed by atoms with Crippen molar-refractivity contribution in [3.05, 3.63) is 89.6 Å². The fourth-order valence-electron chi connectivity index (χ4n) is 3.05. The number of carbonyl (C=O) groups is 2. The molecule has 3 rings (SSSR count). The Morgan fingerprint density at radius 3 is 2.21 bits per heavy atom. The number of ether oxygens (including phenoxy) is 3. The van der Waals surface area contributed by atoms with Crippen LogP contribution in [0.2, 0.25) is 0 Å². The fraction of sp³-hybridized carbons (Fsp3) is 0.154. The molecule has 0 saturated carbocycles. The van der Waals surface area contributed by atoms with Gasteiger partial charge in [0.1, 0.15) is 11.4 Å². The molecule has 2 amide bonds. The van der Waals surface area contributed by atoms with Gasteiger partial charge in [-0.05, 0) is 67.1 Å². The van der Waals surface area contributed by atoms with E-state index in [2.05, 4.69) is 10.6 Å². The molecule has 170 valence electrons. The van der Waals surface area contributed by atoms with Gasteiger partial charge in [0.2, 0.25) is 0 Å². The summed E-state index contributed by atoms with van der Waals surface area (Å²) in [6.07, 6.45) is 1.58. The summed E-state index contributed by atoms with van der Waals surface area (Å²) in [7, 11) is 3.07. The largest absolute Gasteiger partial charge is 0.494 e. The molecular formula is C26H26N2O5. The van der Waals surface area contributed by atoms with Gasteiger partial charge in [0.05, 0.1) is 20.8 Å². The van der Waals surface area contributed by atoms with Crippen molar-refractivity contribution in [1.29, 1.82) is 0 Å². The minimum Gasteiger partial charge on any atom is -0.494 e. The highest BCUT2D eigenvalue weighted by atomic mass is 16.5. The van der Waals surface area contributed by atoms with Crippen molar-refractivity contribution in [3.63, 3.8) is 0 Å². The van der Waals surface area contributed by atoms with Crippen molar-refractivity contribution >= 4 is 23.6 Å². The van der Waals surface area contributed by atoms with Gasteiger partial charge in [0.25, 0.3) is 11.8 Å². The predicted octanol–water partition coefficient (Wildman–Crippen LogP) is 4.51. The molecular weight excluding hydrogens is 420 g/mol. The third-order valence-electron chi connectivity index (χ3n) is 4.67. The second kappa shape index (κ2) is 11.4. The van der Waals surface area contributed by atoms with E-state index >= 15 is 0 Å². The topological polar surface area (TPSA) is 85.9 Å². The van der Waals surface area contributed by atoms with E-state index in [1.54, 1.807) is 79.9 Å². The predicted molar refractivity (Wildman–Crippen MR) is 128 cm³/mol. The van der Waals surface area contributed by atoms with Crippen LogP contribution in [0.4, 0.5) is 5.69 Å². The Morgan fingerprint density at radius 2 is 1.58 bits per heavy atom. The first-order valence-corrected chi connectivity index (χ1v) is 10.4. The molecule has 0 heterocycles. The van der Waals surface area contributed by atoms with E-state index in [4.69, 9.17) is 14.2 Å². The SMILES string of the molecule is CCOc1ccc(NC(=O)/C(=C\c2ccc(OC)c(OC)c2)NC(=O)c2ccccc2)cc1. The highest BCUT2D eigenvalue weighted by Gasteiger charge is 2.16. The molecule has 7 heteroatoms. The molecule has 0 spiro atoms. The number of methoxy groups -OCH3 is 2. The van der Waals surface area contributed by atoms with Crippen molar-refractivity contribution in [2.75, 3.05) is 26.1 Å². The number of anilines is 1. The Kier molecular flexibility index (Phi) is 8.07. The number of carbonyl (C=O) groups excluding carboxylic acids is 2. The van der Waals surface area contributed by atoms with Crippen LogP contribution in [-0.4, -0.2) is 32.6 Å². The molecule has 0 unspecified atom stereocenters. The van der Waals surface area contributed by atoms with Gasteiger partial charge in [-0.25, -0.2) is 0 Å². The van der Waals surface area contributed by atoms with Crippen molar-refractivity contribution in [1.82, 2.24) is 5.32 Å². The lowest BCUT2D eigenvalue weighted by molar-refractivity contribution is -0.113. The van der Waals surface area contributed by atoms with Crippen molar-refractivity contribution in [2.24, 2.45) is 0 Å². The van der Waals surface area contributed by atoms with Crippen LogP contribution in [0.3, 0.4) is 0 Å². The summed E-state index contributed by atoms with van der Waals surface area (Å²) in [5.74, 6) is 0.895. The maximum atomic E-state index is 13.1. The van der Waals surface area contributed by atoms with Gasteiger partial charge >= 0.3 is 0 Å². The summed E-state index contributed by atoms with van der Waals surface area (Å²) in [6, 6.07) is 20.9. The Bertz CT molecular complexity index is 1130. The second-order valence-corrected chi connectivity index (χ2v) is 6.90. The van der Waals surface area contributed by atoms with E-state index in [1.807, 2.05) is 13.0 Å². The number of hydrogen-bond acceptors (Lipinski definition) is 5. The first kappa shape index (κ1) is 23.4. The van der Waals surface area contributed by atoms with E-state index in [1.165, 1.54) is 7.11 Å². The zero-order valence-corrected chi connectivity index (χ0v) is 18.8. The van der Waals surface area contributed by atoms with Gasteiger partial charge in [-0.2, -0.15) is 0 Å². The van der Waals surface area contributed by atoms with Crippen molar-refractivity contribution < 1.29 is 23.8 Å². The Hall–Kier alpha value is -4.26. The fourth-order valence-corrected chi connectivity index (χ4v) is 3.05. The molecule has 33 heavy (non-hydrogen) atoms. The molecule has 0 saturated heterocycles. The number of benzene rings is 3. The number of nitrogens with one attached hydrogen (secondary N) is 2. The maximum absolute atomic E-state index is 13.1. The van der Waals surface area contributed by atoms with E-state index in [0.717, 1.165) is 0 Å². The van der Waals surface area contributed by atoms with Crippen LogP contribution in [0, 0.1) is 0 Å². The molecule has 0 aliphatic rings. The first-order chi connectivity index (χ1) is 16.0. The number of amides is 2. The van der Waals surface area contributed by atoms with Gasteiger partial charge in [-0.1, -0.05) is 24.3 Å². The summed E-state index contributed by atoms with van der Waals surface area (Å²) in [4.78, 5) is 25.8. The number of hydrogen-bond donors (Lipinski definition) is 2. The lowest BCUT2D eigenvalue weighted by Crippen LogP contribution is -2.30. The molecule has 3 aromatic carbocycles. The summed E-state index contributed by atoms with van der Waals surface area (Å²) in [6.45, 7) is 2.45. The van der Waals surface area contributed by atoms with Crippen LogP contribution in [0.15, 0.2) is 78.5 Å². The van der Waals surface area contributed by atoms with E-state index in [9.17, 15) is 9.59 Å². The maximum Gasteiger partial charge on any atom is 0.272 e. The molecule has 0 aliphatic carbocycles. The standard InChI is InChI=1S/C26H26N2O5/c1-4-33-21-13-11-20(12-14-21)27-26(30)22(28-25(29)19-8-6-5-7-9-19)16-18-10-15-23(31-2)24(17-18)32-3/h5-17H,4H2,1-3H3,(H,27,30)(H,28,29)/b22-16+. The van der Waals surface area contributed by atoms with Crippen LogP contribution < -0.4 is 24.8 Å². The zero-order chi connectivity index (χ0) is 23.6. The monoisotopic (exact) mass is 446 g/mol. The second-order valence-electron chi connectivity index (χ2n) is 6.90. The van der Waals surface area contributed by atoms with Crippen molar-refractivity contribution in [3.8, 4) is 17.2 Å². The Labute approximate surface area is 193 Å². The molecule has 0 aromatic heterocycles. The third-order valence-corrected chi connectivity index (χ3v) is 4.67. The minimum atomic E-state index is -0.474. The lowest BCUT2D eigenvalue weighted by Gasteiger charge is -2.13. The quantitative estimate of drug-likeness (QED) is 0.472. The van der Waals surface area contributed by atoms with Crippen LogP contribution in [0.25, 0.3) is 6.08 Å². The highest BCUT2D eigenvalue weighted by molar-refractivity contribution is 6.10. The smallest absolute Gasteiger partial charge is 0.272 e. The minimum absolute atomic E-state index is 0.0740. The number of rotatable bonds is 9. The molecule has 2 N–H and O–H groups in total. The highest BCUT2D eigenvalue weighted by Crippen LogP contribution is 2.28. The van der Waals surface area contributed by atoms with Crippen LogP contribution >= 0.6 is 0 Å². The summed E-state index contributed by atoms with van der Waals surface area (Å²) in [5.41, 5.74) is 1.73. The normalized spacial score (nSPS) is 10.8. The Balaban J connectivity index is 1.89. The molecule has 0 fully saturated rings. The summed E-state index contributed by atoms with van der Waals surface area (Å²) in [5, 5.41) is 5.52. The lowest BCUT2D eigenvalue weighted by atomic mass is 10.1. The van der Waals surface area contributed by atoms with Gasteiger partial charge in [0, 0.05) is 11.3 Å². The van der Waals surface area contributed by atoms with Gasteiger partial charge in [-0.3, -0.25) is 9.59 Å². The van der Waals surface area contributed by atoms with Crippen LogP contribution in [0.5, 0.6) is 17.2 Å². The molecule has 0 bridgehead atoms. The van der Waals surface area contributed by atoms with Gasteiger partial charge < -0.3 is 24.8 Å². The van der Waals surface area contributed by atoms with Crippen molar-refractivity contribution in [2.45, 2.75) is 6.92 Å². The summed E-state index contributed by atoms with van der Waals surface area (Å²) < 4.78 is 16.0. The van der Waals surface area contributed by atoms with E-state index < -0.39 is 11.8 Å². The third kappa shape index (κ3) is 6.36. The van der Waals surface area contributed by atoms with Crippen LogP contribution in [0.1, 0.15) is 22.8 Å². The molecule has 0 aliphatic heterocycles.